The van der Waals surface area contributed by atoms with Crippen molar-refractivity contribution >= 4 is 23.6 Å². The van der Waals surface area contributed by atoms with E-state index in [4.69, 9.17) is 0 Å². The summed E-state index contributed by atoms with van der Waals surface area (Å²) in [5.41, 5.74) is 0.839. The maximum atomic E-state index is 12.2. The highest BCUT2D eigenvalue weighted by Gasteiger charge is 2.47. The quantitative estimate of drug-likeness (QED) is 0.673. The van der Waals surface area contributed by atoms with Crippen molar-refractivity contribution in [2.45, 2.75) is 23.9 Å². The van der Waals surface area contributed by atoms with Crippen molar-refractivity contribution in [3.63, 3.8) is 0 Å². The summed E-state index contributed by atoms with van der Waals surface area (Å²) >= 11 is 1.44. The average Bonchev–Trinajstić information content (AvgIpc) is 2.94. The van der Waals surface area contributed by atoms with E-state index in [-0.39, 0.29) is 17.8 Å². The lowest BCUT2D eigenvalue weighted by Crippen LogP contribution is -2.60. The number of fused-ring (bicyclic) bond motifs is 1. The van der Waals surface area contributed by atoms with Gasteiger partial charge in [0.1, 0.15) is 5.92 Å². The van der Waals surface area contributed by atoms with Crippen LogP contribution in [0, 0.1) is 5.92 Å². The van der Waals surface area contributed by atoms with Crippen LogP contribution in [0.1, 0.15) is 5.56 Å². The van der Waals surface area contributed by atoms with Crippen LogP contribution in [0.15, 0.2) is 36.0 Å². The molecule has 1 saturated heterocycles. The Hall–Kier alpha value is -1.86. The average molecular weight is 305 g/mol. The van der Waals surface area contributed by atoms with Crippen LogP contribution in [0.3, 0.4) is 0 Å². The van der Waals surface area contributed by atoms with Crippen LogP contribution >= 0.6 is 11.8 Å². The van der Waals surface area contributed by atoms with Gasteiger partial charge in [0.25, 0.3) is 0 Å². The molecule has 3 N–H and O–H groups in total. The molecule has 3 heterocycles. The third-order valence-electron chi connectivity index (χ3n) is 3.62. The number of carbonyl (C=O) groups excluding carboxylic acids is 2. The van der Waals surface area contributed by atoms with Gasteiger partial charge in [0.05, 0.1) is 17.4 Å². The normalized spacial score (nSPS) is 30.6. The van der Waals surface area contributed by atoms with E-state index in [1.165, 1.54) is 11.8 Å². The number of thioether (sulfide) groups is 1. The third-order valence-corrected chi connectivity index (χ3v) is 4.82. The smallest absolute Gasteiger partial charge is 0.235 e. The number of nitrogens with one attached hydrogen (secondary N) is 2. The number of aliphatic hydroxyl groups is 1. The summed E-state index contributed by atoms with van der Waals surface area (Å²) in [4.78, 5) is 28.2. The van der Waals surface area contributed by atoms with E-state index in [1.807, 2.05) is 17.6 Å². The van der Waals surface area contributed by atoms with Gasteiger partial charge in [-0.05, 0) is 17.0 Å². The minimum absolute atomic E-state index is 0.195. The molecule has 7 heteroatoms. The fourth-order valence-corrected chi connectivity index (χ4v) is 3.60. The highest BCUT2D eigenvalue weighted by Crippen LogP contribution is 2.33. The predicted molar refractivity (Wildman–Crippen MR) is 78.0 cm³/mol. The standard InChI is InChI=1S/C14H15N3O3S/c18-11-10(14(20)17-9-3-5-21-12(9)11)13(19)16-7-8-2-1-4-15-6-8/h1-6,9-12,18H,7H2,(H,16,19)(H,17,20). The summed E-state index contributed by atoms with van der Waals surface area (Å²) in [6.45, 7) is 0.280. The largest absolute Gasteiger partial charge is 0.390 e. The third kappa shape index (κ3) is 2.79. The molecule has 0 spiro atoms. The molecular weight excluding hydrogens is 290 g/mol. The van der Waals surface area contributed by atoms with Gasteiger partial charge in [-0.1, -0.05) is 12.1 Å². The van der Waals surface area contributed by atoms with Gasteiger partial charge in [0.15, 0.2) is 0 Å². The second-order valence-electron chi connectivity index (χ2n) is 5.01. The summed E-state index contributed by atoms with van der Waals surface area (Å²) in [5, 5.41) is 17.4. The van der Waals surface area contributed by atoms with Gasteiger partial charge in [-0.3, -0.25) is 14.6 Å². The van der Waals surface area contributed by atoms with Crippen LogP contribution in [0.4, 0.5) is 0 Å². The Labute approximate surface area is 126 Å². The van der Waals surface area contributed by atoms with Crippen LogP contribution in [-0.4, -0.2) is 39.3 Å². The highest BCUT2D eigenvalue weighted by molar-refractivity contribution is 8.03. The van der Waals surface area contributed by atoms with Gasteiger partial charge in [0, 0.05) is 18.9 Å². The maximum Gasteiger partial charge on any atom is 0.235 e. The van der Waals surface area contributed by atoms with E-state index in [0.29, 0.717) is 0 Å². The minimum atomic E-state index is -1.07. The molecule has 2 amide bonds. The van der Waals surface area contributed by atoms with Crippen molar-refractivity contribution in [2.24, 2.45) is 5.92 Å². The Bertz CT molecular complexity index is 578. The first-order valence-electron chi connectivity index (χ1n) is 6.64. The van der Waals surface area contributed by atoms with E-state index < -0.39 is 23.8 Å². The molecule has 1 aromatic heterocycles. The first-order chi connectivity index (χ1) is 10.2. The molecule has 1 aromatic rings. The second kappa shape index (κ2) is 5.87. The van der Waals surface area contributed by atoms with E-state index in [1.54, 1.807) is 18.5 Å². The van der Waals surface area contributed by atoms with Gasteiger partial charge >= 0.3 is 0 Å². The van der Waals surface area contributed by atoms with Crippen molar-refractivity contribution < 1.29 is 14.7 Å². The molecule has 6 nitrogen and oxygen atoms in total. The molecular formula is C14H15N3O3S. The molecule has 1 fully saturated rings. The number of piperidine rings is 1. The molecule has 0 aromatic carbocycles. The lowest BCUT2D eigenvalue weighted by molar-refractivity contribution is -0.142. The number of aromatic nitrogens is 1. The molecule has 3 rings (SSSR count). The number of hydrogen-bond donors (Lipinski definition) is 3. The number of amides is 2. The molecule has 0 bridgehead atoms. The van der Waals surface area contributed by atoms with Crippen LogP contribution in [0.25, 0.3) is 0 Å². The van der Waals surface area contributed by atoms with Gasteiger partial charge in [-0.2, -0.15) is 0 Å². The zero-order chi connectivity index (χ0) is 14.8. The van der Waals surface area contributed by atoms with Gasteiger partial charge in [0.2, 0.25) is 11.8 Å². The topological polar surface area (TPSA) is 91.3 Å². The highest BCUT2D eigenvalue weighted by atomic mass is 32.2. The Morgan fingerprint density at radius 3 is 3.14 bits per heavy atom. The lowest BCUT2D eigenvalue weighted by Gasteiger charge is -2.35. The van der Waals surface area contributed by atoms with Gasteiger partial charge in [-0.15, -0.1) is 11.8 Å². The van der Waals surface area contributed by atoms with Gasteiger partial charge < -0.3 is 15.7 Å². The number of carbonyl (C=O) groups is 2. The van der Waals surface area contributed by atoms with Crippen molar-refractivity contribution in [3.05, 3.63) is 41.6 Å². The van der Waals surface area contributed by atoms with E-state index in [9.17, 15) is 14.7 Å². The van der Waals surface area contributed by atoms with Crippen LogP contribution in [0.5, 0.6) is 0 Å². The summed E-state index contributed by atoms with van der Waals surface area (Å²) in [6, 6.07) is 3.41. The monoisotopic (exact) mass is 305 g/mol. The van der Waals surface area contributed by atoms with Crippen molar-refractivity contribution in [1.82, 2.24) is 15.6 Å². The Morgan fingerprint density at radius 2 is 2.38 bits per heavy atom. The van der Waals surface area contributed by atoms with Crippen molar-refractivity contribution in [1.29, 1.82) is 0 Å². The van der Waals surface area contributed by atoms with E-state index in [2.05, 4.69) is 15.6 Å². The fraction of sp³-hybridized carbons (Fsp3) is 0.357. The number of pyridine rings is 1. The first kappa shape index (κ1) is 14.1. The van der Waals surface area contributed by atoms with Crippen LogP contribution in [0.2, 0.25) is 0 Å². The number of aliphatic hydroxyl groups excluding tert-OH is 1. The number of hydrogen-bond acceptors (Lipinski definition) is 5. The second-order valence-corrected chi connectivity index (χ2v) is 6.10. The zero-order valence-corrected chi connectivity index (χ0v) is 11.9. The first-order valence-corrected chi connectivity index (χ1v) is 7.58. The Kier molecular flexibility index (Phi) is 3.94. The van der Waals surface area contributed by atoms with E-state index in [0.717, 1.165) is 5.56 Å². The molecule has 0 radical (unpaired) electrons. The molecule has 110 valence electrons. The minimum Gasteiger partial charge on any atom is -0.390 e. The molecule has 2 aliphatic heterocycles. The predicted octanol–water partition coefficient (Wildman–Crippen LogP) is -0.198. The molecule has 0 saturated carbocycles. The number of rotatable bonds is 3. The van der Waals surface area contributed by atoms with Gasteiger partial charge in [-0.25, -0.2) is 0 Å². The number of nitrogens with zero attached hydrogens (tertiary/aromatic N) is 1. The van der Waals surface area contributed by atoms with Crippen LogP contribution in [-0.2, 0) is 16.1 Å². The molecule has 4 atom stereocenters. The van der Waals surface area contributed by atoms with Crippen LogP contribution < -0.4 is 10.6 Å². The van der Waals surface area contributed by atoms with E-state index >= 15 is 0 Å². The van der Waals surface area contributed by atoms with Crippen molar-refractivity contribution in [2.75, 3.05) is 0 Å². The molecule has 0 aliphatic carbocycles. The summed E-state index contributed by atoms with van der Waals surface area (Å²) in [6.07, 6.45) is 4.14. The summed E-state index contributed by atoms with van der Waals surface area (Å²) < 4.78 is 0. The molecule has 4 unspecified atom stereocenters. The maximum absolute atomic E-state index is 12.2. The Balaban J connectivity index is 1.65. The van der Waals surface area contributed by atoms with Crippen molar-refractivity contribution in [3.8, 4) is 0 Å². The molecule has 21 heavy (non-hydrogen) atoms. The lowest BCUT2D eigenvalue weighted by atomic mass is 9.89. The summed E-state index contributed by atoms with van der Waals surface area (Å²) in [5.74, 6) is -1.97. The Morgan fingerprint density at radius 1 is 1.52 bits per heavy atom. The zero-order valence-electron chi connectivity index (χ0n) is 11.1. The SMILES string of the molecule is O=C(NCc1cccnc1)C1C(=O)NC2C=CSC2C1O. The summed E-state index contributed by atoms with van der Waals surface area (Å²) in [7, 11) is 0. The molecule has 2 aliphatic rings. The fourth-order valence-electron chi connectivity index (χ4n) is 2.51.